The number of Topliss-reactive ketones (excluding diaryl/α,β-unsaturated/α-hetero) is 1. The Bertz CT molecular complexity index is 449. The van der Waals surface area contributed by atoms with Crippen LogP contribution in [0, 0.1) is 5.82 Å². The molecule has 0 N–H and O–H groups in total. The highest BCUT2D eigenvalue weighted by molar-refractivity contribution is 5.94. The standard InChI is InChI=1S/C10H6F6O/c1-4(17)5-2-6(9(12)13)8(11)7(3-5)10(14,15)16/h2-3,9H,1H3. The molecule has 0 radical (unpaired) electrons. The Labute approximate surface area is 92.0 Å². The van der Waals surface area contributed by atoms with Gasteiger partial charge in [0.25, 0.3) is 6.43 Å². The third-order valence-electron chi connectivity index (χ3n) is 2.05. The number of carbonyl (C=O) groups is 1. The zero-order valence-electron chi connectivity index (χ0n) is 8.41. The number of alkyl halides is 5. The Morgan fingerprint density at radius 3 is 2.12 bits per heavy atom. The molecule has 1 rings (SSSR count). The fourth-order valence-electron chi connectivity index (χ4n) is 1.22. The molecular formula is C10H6F6O. The summed E-state index contributed by atoms with van der Waals surface area (Å²) >= 11 is 0. The van der Waals surface area contributed by atoms with Gasteiger partial charge in [-0.1, -0.05) is 0 Å². The predicted octanol–water partition coefficient (Wildman–Crippen LogP) is 3.98. The van der Waals surface area contributed by atoms with Crippen LogP contribution in [-0.4, -0.2) is 5.78 Å². The van der Waals surface area contributed by atoms with E-state index in [4.69, 9.17) is 0 Å². The van der Waals surface area contributed by atoms with Crippen molar-refractivity contribution >= 4 is 5.78 Å². The Hall–Kier alpha value is -1.53. The van der Waals surface area contributed by atoms with Gasteiger partial charge in [-0.25, -0.2) is 13.2 Å². The molecule has 0 aliphatic heterocycles. The van der Waals surface area contributed by atoms with Crippen LogP contribution in [0.2, 0.25) is 0 Å². The molecule has 1 aromatic carbocycles. The minimum Gasteiger partial charge on any atom is -0.295 e. The van der Waals surface area contributed by atoms with Crippen molar-refractivity contribution < 1.29 is 31.1 Å². The van der Waals surface area contributed by atoms with E-state index in [0.717, 1.165) is 6.92 Å². The second-order valence-electron chi connectivity index (χ2n) is 3.28. The van der Waals surface area contributed by atoms with E-state index in [2.05, 4.69) is 0 Å². The lowest BCUT2D eigenvalue weighted by Crippen LogP contribution is -2.12. The summed E-state index contributed by atoms with van der Waals surface area (Å²) in [5.74, 6) is -2.89. The monoisotopic (exact) mass is 256 g/mol. The highest BCUT2D eigenvalue weighted by Crippen LogP contribution is 2.36. The zero-order chi connectivity index (χ0) is 13.4. The van der Waals surface area contributed by atoms with Crippen molar-refractivity contribution in [3.05, 3.63) is 34.6 Å². The first kappa shape index (κ1) is 13.5. The maximum atomic E-state index is 13.2. The summed E-state index contributed by atoms with van der Waals surface area (Å²) in [6.07, 6.45) is -8.55. The van der Waals surface area contributed by atoms with Gasteiger partial charge in [0.05, 0.1) is 11.1 Å². The lowest BCUT2D eigenvalue weighted by molar-refractivity contribution is -0.140. The minimum atomic E-state index is -5.13. The number of halogens is 6. The summed E-state index contributed by atoms with van der Waals surface area (Å²) in [6, 6.07) is 0.654. The normalized spacial score (nSPS) is 12.0. The summed E-state index contributed by atoms with van der Waals surface area (Å²) in [5.41, 5.74) is -3.89. The van der Waals surface area contributed by atoms with E-state index in [9.17, 15) is 31.1 Å². The van der Waals surface area contributed by atoms with E-state index in [-0.39, 0.29) is 6.07 Å². The van der Waals surface area contributed by atoms with Gasteiger partial charge >= 0.3 is 6.18 Å². The summed E-state index contributed by atoms with van der Waals surface area (Å²) < 4.78 is 74.8. The van der Waals surface area contributed by atoms with Gasteiger partial charge in [-0.2, -0.15) is 13.2 Å². The van der Waals surface area contributed by atoms with Crippen LogP contribution in [0.4, 0.5) is 26.3 Å². The average molecular weight is 256 g/mol. The molecule has 0 heterocycles. The molecule has 0 spiro atoms. The van der Waals surface area contributed by atoms with Crippen LogP contribution in [0.5, 0.6) is 0 Å². The maximum Gasteiger partial charge on any atom is 0.419 e. The molecule has 0 aromatic heterocycles. The maximum absolute atomic E-state index is 13.2. The van der Waals surface area contributed by atoms with Gasteiger partial charge in [0, 0.05) is 5.56 Å². The molecule has 17 heavy (non-hydrogen) atoms. The molecule has 94 valence electrons. The van der Waals surface area contributed by atoms with Crippen LogP contribution in [0.1, 0.15) is 34.8 Å². The minimum absolute atomic E-state index is 0.226. The fraction of sp³-hybridized carbons (Fsp3) is 0.300. The van der Waals surface area contributed by atoms with E-state index < -0.39 is 40.9 Å². The van der Waals surface area contributed by atoms with Crippen LogP contribution in [0.25, 0.3) is 0 Å². The van der Waals surface area contributed by atoms with Crippen molar-refractivity contribution in [1.29, 1.82) is 0 Å². The quantitative estimate of drug-likeness (QED) is 0.577. The molecule has 0 aliphatic carbocycles. The second-order valence-corrected chi connectivity index (χ2v) is 3.28. The van der Waals surface area contributed by atoms with E-state index in [1.807, 2.05) is 0 Å². The third kappa shape index (κ3) is 2.78. The molecule has 7 heteroatoms. The van der Waals surface area contributed by atoms with Gasteiger partial charge < -0.3 is 0 Å². The van der Waals surface area contributed by atoms with E-state index in [1.165, 1.54) is 0 Å². The molecule has 0 bridgehead atoms. The summed E-state index contributed by atoms with van der Waals surface area (Å²) in [4.78, 5) is 10.9. The molecule has 0 saturated heterocycles. The molecule has 0 fully saturated rings. The molecule has 0 aliphatic rings. The van der Waals surface area contributed by atoms with Crippen molar-refractivity contribution in [1.82, 2.24) is 0 Å². The van der Waals surface area contributed by atoms with Crippen LogP contribution in [0.15, 0.2) is 12.1 Å². The highest BCUT2D eigenvalue weighted by Gasteiger charge is 2.37. The molecular weight excluding hydrogens is 250 g/mol. The molecule has 0 amide bonds. The number of benzene rings is 1. The summed E-state index contributed by atoms with van der Waals surface area (Å²) in [5, 5.41) is 0. The van der Waals surface area contributed by atoms with Crippen molar-refractivity contribution in [2.75, 3.05) is 0 Å². The Morgan fingerprint density at radius 1 is 1.24 bits per heavy atom. The van der Waals surface area contributed by atoms with E-state index >= 15 is 0 Å². The van der Waals surface area contributed by atoms with Crippen molar-refractivity contribution in [2.24, 2.45) is 0 Å². The van der Waals surface area contributed by atoms with Gasteiger partial charge in [0.2, 0.25) is 0 Å². The summed E-state index contributed by atoms with van der Waals surface area (Å²) in [7, 11) is 0. The molecule has 1 nitrogen and oxygen atoms in total. The van der Waals surface area contributed by atoms with Gasteiger partial charge in [-0.05, 0) is 19.1 Å². The van der Waals surface area contributed by atoms with Crippen LogP contribution in [-0.2, 0) is 6.18 Å². The number of hydrogen-bond acceptors (Lipinski definition) is 1. The van der Waals surface area contributed by atoms with Gasteiger partial charge in [-0.3, -0.25) is 4.79 Å². The Kier molecular flexibility index (Phi) is 3.49. The lowest BCUT2D eigenvalue weighted by atomic mass is 10.0. The molecule has 0 saturated carbocycles. The Balaban J connectivity index is 3.55. The van der Waals surface area contributed by atoms with E-state index in [0.29, 0.717) is 6.07 Å². The van der Waals surface area contributed by atoms with Gasteiger partial charge in [0.1, 0.15) is 5.82 Å². The number of carbonyl (C=O) groups excluding carboxylic acids is 1. The topological polar surface area (TPSA) is 17.1 Å². The van der Waals surface area contributed by atoms with Crippen molar-refractivity contribution in [3.8, 4) is 0 Å². The number of hydrogen-bond donors (Lipinski definition) is 0. The third-order valence-corrected chi connectivity index (χ3v) is 2.05. The SMILES string of the molecule is CC(=O)c1cc(C(F)F)c(F)c(C(F)(F)F)c1. The lowest BCUT2D eigenvalue weighted by Gasteiger charge is -2.12. The zero-order valence-corrected chi connectivity index (χ0v) is 8.41. The molecule has 1 aromatic rings. The fourth-order valence-corrected chi connectivity index (χ4v) is 1.22. The van der Waals surface area contributed by atoms with Crippen LogP contribution >= 0.6 is 0 Å². The summed E-state index contributed by atoms with van der Waals surface area (Å²) in [6.45, 7) is 0.905. The largest absolute Gasteiger partial charge is 0.419 e. The van der Waals surface area contributed by atoms with Crippen LogP contribution in [0.3, 0.4) is 0 Å². The van der Waals surface area contributed by atoms with Gasteiger partial charge in [0.15, 0.2) is 5.78 Å². The van der Waals surface area contributed by atoms with Crippen molar-refractivity contribution in [3.63, 3.8) is 0 Å². The smallest absolute Gasteiger partial charge is 0.295 e. The van der Waals surface area contributed by atoms with Crippen LogP contribution < -0.4 is 0 Å². The highest BCUT2D eigenvalue weighted by atomic mass is 19.4. The van der Waals surface area contributed by atoms with Crippen molar-refractivity contribution in [2.45, 2.75) is 19.5 Å². The van der Waals surface area contributed by atoms with E-state index in [1.54, 1.807) is 0 Å². The number of ketones is 1. The Morgan fingerprint density at radius 2 is 1.76 bits per heavy atom. The number of rotatable bonds is 2. The first-order valence-corrected chi connectivity index (χ1v) is 4.34. The first-order valence-electron chi connectivity index (χ1n) is 4.34. The first-order chi connectivity index (χ1) is 7.64. The molecule has 0 unspecified atom stereocenters. The van der Waals surface area contributed by atoms with Gasteiger partial charge in [-0.15, -0.1) is 0 Å². The second kappa shape index (κ2) is 4.38. The predicted molar refractivity (Wildman–Crippen MR) is 46.4 cm³/mol. The average Bonchev–Trinajstić information content (AvgIpc) is 2.15. The molecule has 0 atom stereocenters.